The smallest absolute Gasteiger partial charge is 0.421 e. The van der Waals surface area contributed by atoms with Gasteiger partial charge in [0.1, 0.15) is 0 Å². The van der Waals surface area contributed by atoms with Crippen molar-refractivity contribution in [2.24, 2.45) is 0 Å². The molecule has 76 valence electrons. The molecule has 0 fully saturated rings. The molecule has 0 radical (unpaired) electrons. The Morgan fingerprint density at radius 3 is 2.21 bits per heavy atom. The van der Waals surface area contributed by atoms with Crippen LogP contribution in [-0.2, 0) is 19.1 Å². The maximum Gasteiger partial charge on any atom is 0.421 e. The van der Waals surface area contributed by atoms with Gasteiger partial charge in [-0.2, -0.15) is 4.79 Å². The lowest BCUT2D eigenvalue weighted by molar-refractivity contribution is -0.137. The minimum Gasteiger partial charge on any atom is -0.466 e. The van der Waals surface area contributed by atoms with E-state index in [0.717, 1.165) is 13.2 Å². The van der Waals surface area contributed by atoms with Crippen LogP contribution < -0.4 is 0 Å². The maximum absolute atomic E-state index is 10.9. The summed E-state index contributed by atoms with van der Waals surface area (Å²) in [6, 6.07) is 0. The normalized spacial score (nSPS) is 10.1. The number of carbonyl (C=O) groups excluding carboxylic acids is 2. The molecular weight excluding hydrogens is 188 g/mol. The van der Waals surface area contributed by atoms with Crippen molar-refractivity contribution in [2.45, 2.75) is 6.92 Å². The van der Waals surface area contributed by atoms with Gasteiger partial charge in [-0.15, -0.1) is 0 Å². The van der Waals surface area contributed by atoms with Crippen LogP contribution in [-0.4, -0.2) is 36.7 Å². The van der Waals surface area contributed by atoms with E-state index >= 15 is 0 Å². The average Bonchev–Trinajstić information content (AvgIpc) is 2.18. The minimum absolute atomic E-state index is 0.159. The van der Waals surface area contributed by atoms with Crippen LogP contribution in [0.1, 0.15) is 6.92 Å². The van der Waals surface area contributed by atoms with Crippen molar-refractivity contribution in [3.05, 3.63) is 17.2 Å². The second-order valence-corrected chi connectivity index (χ2v) is 2.29. The van der Waals surface area contributed by atoms with Crippen molar-refractivity contribution in [3.63, 3.8) is 0 Å². The molecule has 0 saturated carbocycles. The summed E-state index contributed by atoms with van der Waals surface area (Å²) in [4.78, 5) is 24.4. The molecule has 0 aromatic carbocycles. The van der Waals surface area contributed by atoms with E-state index in [9.17, 15) is 9.59 Å². The number of methoxy groups -OCH3 is 2. The molecule has 0 N–H and O–H groups in total. The Morgan fingerprint density at radius 1 is 1.29 bits per heavy atom. The van der Waals surface area contributed by atoms with E-state index in [2.05, 4.69) is 14.3 Å². The van der Waals surface area contributed by atoms with E-state index in [1.165, 1.54) is 14.0 Å². The Morgan fingerprint density at radius 2 is 1.86 bits per heavy atom. The maximum atomic E-state index is 10.9. The van der Waals surface area contributed by atoms with Crippen molar-refractivity contribution in [3.8, 4) is 0 Å². The highest BCUT2D eigenvalue weighted by molar-refractivity contribution is 6.41. The van der Waals surface area contributed by atoms with E-state index in [0.29, 0.717) is 0 Å². The molecule has 0 bridgehead atoms. The first-order valence-electron chi connectivity index (χ1n) is 3.63. The second kappa shape index (κ2) is 5.66. The van der Waals surface area contributed by atoms with Crippen LogP contribution in [0.5, 0.6) is 0 Å². The summed E-state index contributed by atoms with van der Waals surface area (Å²) in [7, 11) is 2.33. The van der Waals surface area contributed by atoms with E-state index in [4.69, 9.17) is 5.53 Å². The minimum atomic E-state index is -0.829. The second-order valence-electron chi connectivity index (χ2n) is 2.29. The van der Waals surface area contributed by atoms with E-state index in [1.54, 1.807) is 0 Å². The van der Waals surface area contributed by atoms with E-state index in [1.807, 2.05) is 0 Å². The van der Waals surface area contributed by atoms with Gasteiger partial charge in [0.2, 0.25) is 0 Å². The standard InChI is InChI=1S/C8H10N2O4/c1-5(4-6(11)13-2)7(10-9)8(12)14-3/h4H,1-3H3/b5-4+. The molecule has 6 heteroatoms. The third kappa shape index (κ3) is 3.20. The largest absolute Gasteiger partial charge is 0.466 e. The number of carbonyl (C=O) groups is 2. The van der Waals surface area contributed by atoms with Gasteiger partial charge in [0, 0.05) is 6.08 Å². The van der Waals surface area contributed by atoms with Crippen LogP contribution >= 0.6 is 0 Å². The first-order chi connectivity index (χ1) is 6.56. The molecule has 6 nitrogen and oxygen atoms in total. The number of hydrogen-bond acceptors (Lipinski definition) is 4. The average molecular weight is 198 g/mol. The number of ether oxygens (including phenoxy) is 2. The lowest BCUT2D eigenvalue weighted by Gasteiger charge is -1.94. The molecule has 0 heterocycles. The summed E-state index contributed by atoms with van der Waals surface area (Å²) >= 11 is 0. The summed E-state index contributed by atoms with van der Waals surface area (Å²) < 4.78 is 8.64. The van der Waals surface area contributed by atoms with Crippen LogP contribution in [0.15, 0.2) is 11.6 Å². The molecule has 0 aromatic rings. The predicted molar refractivity (Wildman–Crippen MR) is 46.4 cm³/mol. The fourth-order valence-electron chi connectivity index (χ4n) is 0.681. The zero-order valence-corrected chi connectivity index (χ0v) is 8.10. The van der Waals surface area contributed by atoms with Gasteiger partial charge in [0.15, 0.2) is 0 Å². The van der Waals surface area contributed by atoms with Gasteiger partial charge >= 0.3 is 17.7 Å². The third-order valence-electron chi connectivity index (χ3n) is 1.39. The number of hydrogen-bond donors (Lipinski definition) is 0. The zero-order chi connectivity index (χ0) is 11.1. The molecule has 14 heavy (non-hydrogen) atoms. The summed E-state index contributed by atoms with van der Waals surface area (Å²) in [6.45, 7) is 1.42. The van der Waals surface area contributed by atoms with Gasteiger partial charge in [0.05, 0.1) is 19.8 Å². The third-order valence-corrected chi connectivity index (χ3v) is 1.39. The fraction of sp³-hybridized carbons (Fsp3) is 0.375. The van der Waals surface area contributed by atoms with E-state index in [-0.39, 0.29) is 11.3 Å². The Kier molecular flexibility index (Phi) is 4.88. The van der Waals surface area contributed by atoms with Crippen LogP contribution in [0.3, 0.4) is 0 Å². The molecule has 0 saturated heterocycles. The Balaban J connectivity index is 4.91. The fourth-order valence-corrected chi connectivity index (χ4v) is 0.681. The summed E-state index contributed by atoms with van der Waals surface area (Å²) in [5.74, 6) is -1.47. The highest BCUT2D eigenvalue weighted by atomic mass is 16.5. The van der Waals surface area contributed by atoms with Crippen LogP contribution in [0.25, 0.3) is 5.53 Å². The molecule has 0 unspecified atom stereocenters. The van der Waals surface area contributed by atoms with Crippen LogP contribution in [0.2, 0.25) is 0 Å². The van der Waals surface area contributed by atoms with Crippen molar-refractivity contribution in [1.82, 2.24) is 0 Å². The SMILES string of the molecule is COC(=O)/C=C(\C)C(=[N+]=[N-])C(=O)OC. The van der Waals surface area contributed by atoms with Gasteiger partial charge < -0.3 is 15.0 Å². The first-order valence-corrected chi connectivity index (χ1v) is 3.63. The lowest BCUT2D eigenvalue weighted by Crippen LogP contribution is -2.19. The zero-order valence-electron chi connectivity index (χ0n) is 8.10. The van der Waals surface area contributed by atoms with Crippen molar-refractivity contribution < 1.29 is 23.9 Å². The van der Waals surface area contributed by atoms with Gasteiger partial charge in [-0.3, -0.25) is 0 Å². The van der Waals surface area contributed by atoms with Crippen LogP contribution in [0, 0.1) is 0 Å². The lowest BCUT2D eigenvalue weighted by atomic mass is 10.2. The number of nitrogens with zero attached hydrogens (tertiary/aromatic N) is 2. The monoisotopic (exact) mass is 198 g/mol. The molecule has 0 rings (SSSR count). The molecule has 0 amide bonds. The highest BCUT2D eigenvalue weighted by Crippen LogP contribution is 1.97. The molecule has 0 aliphatic rings. The number of esters is 2. The first kappa shape index (κ1) is 12.1. The summed E-state index contributed by atoms with van der Waals surface area (Å²) in [5.41, 5.74) is 8.30. The van der Waals surface area contributed by atoms with Crippen molar-refractivity contribution >= 4 is 17.7 Å². The number of rotatable bonds is 3. The van der Waals surface area contributed by atoms with Gasteiger partial charge in [0.25, 0.3) is 0 Å². The topological polar surface area (TPSA) is 89.0 Å². The van der Waals surface area contributed by atoms with Gasteiger partial charge in [-0.25, -0.2) is 9.59 Å². The van der Waals surface area contributed by atoms with Gasteiger partial charge in [-0.1, -0.05) is 0 Å². The molecule has 0 aromatic heterocycles. The molecule has 0 aliphatic carbocycles. The molecule has 0 aliphatic heterocycles. The molecular formula is C8H10N2O4. The van der Waals surface area contributed by atoms with Crippen LogP contribution in [0.4, 0.5) is 0 Å². The van der Waals surface area contributed by atoms with Crippen molar-refractivity contribution in [1.29, 1.82) is 0 Å². The Bertz CT molecular complexity index is 326. The van der Waals surface area contributed by atoms with Gasteiger partial charge in [-0.05, 0) is 6.92 Å². The summed E-state index contributed by atoms with van der Waals surface area (Å²) in [5, 5.41) is 0. The predicted octanol–water partition coefficient (Wildman–Crippen LogP) is -0.0505. The van der Waals surface area contributed by atoms with Crippen molar-refractivity contribution in [2.75, 3.05) is 14.2 Å². The highest BCUT2D eigenvalue weighted by Gasteiger charge is 2.23. The molecule has 0 atom stereocenters. The quantitative estimate of drug-likeness (QED) is 0.209. The molecule has 0 spiro atoms. The summed E-state index contributed by atoms with van der Waals surface area (Å²) in [6.07, 6.45) is 1.02. The Labute approximate surface area is 80.7 Å². The Hall–Kier alpha value is -1.94. The van der Waals surface area contributed by atoms with E-state index < -0.39 is 11.9 Å².